The fraction of sp³-hybridized carbons (Fsp3) is 0.100. The van der Waals surface area contributed by atoms with Crippen LogP contribution in [0, 0.1) is 6.92 Å². The zero-order valence-corrected chi connectivity index (χ0v) is 21.8. The van der Waals surface area contributed by atoms with Crippen molar-refractivity contribution in [1.82, 2.24) is 29.5 Å². The average molecular weight is 534 g/mol. The smallest absolute Gasteiger partial charge is 0.226 e. The molecule has 0 aliphatic carbocycles. The standard InChI is InChI=1S/C30H24ClN7O/c1-20-15-27(35-28(39)17-25(21-9-4-2-5-10-21)22-11-6-3-7-12-22)38(36-20)30-26-18-34-37(29(26)32-19-33-30)24-14-8-13-23(31)16-24/h2-16,18-19,25H,17H2,1H3,(H,35,39). The Morgan fingerprint density at radius 1 is 0.897 bits per heavy atom. The molecule has 0 saturated heterocycles. The van der Waals surface area contributed by atoms with E-state index in [4.69, 9.17) is 11.6 Å². The molecule has 6 aromatic rings. The second-order valence-corrected chi connectivity index (χ2v) is 9.62. The number of benzene rings is 3. The minimum atomic E-state index is -0.131. The summed E-state index contributed by atoms with van der Waals surface area (Å²) in [6.45, 7) is 1.87. The first-order valence-corrected chi connectivity index (χ1v) is 12.9. The van der Waals surface area contributed by atoms with Crippen molar-refractivity contribution < 1.29 is 4.79 Å². The summed E-state index contributed by atoms with van der Waals surface area (Å²) < 4.78 is 3.33. The van der Waals surface area contributed by atoms with Crippen LogP contribution in [0.2, 0.25) is 5.02 Å². The Labute approximate surface area is 229 Å². The summed E-state index contributed by atoms with van der Waals surface area (Å²) in [4.78, 5) is 22.4. The zero-order chi connectivity index (χ0) is 26.8. The molecule has 9 heteroatoms. The first-order chi connectivity index (χ1) is 19.1. The number of fused-ring (bicyclic) bond motifs is 1. The van der Waals surface area contributed by atoms with E-state index < -0.39 is 0 Å². The van der Waals surface area contributed by atoms with Crippen LogP contribution >= 0.6 is 11.6 Å². The van der Waals surface area contributed by atoms with Crippen molar-refractivity contribution in [2.24, 2.45) is 0 Å². The number of amides is 1. The third-order valence-electron chi connectivity index (χ3n) is 6.49. The van der Waals surface area contributed by atoms with E-state index in [9.17, 15) is 4.79 Å². The normalized spacial score (nSPS) is 11.3. The first kappa shape index (κ1) is 24.5. The second-order valence-electron chi connectivity index (χ2n) is 9.18. The highest BCUT2D eigenvalue weighted by molar-refractivity contribution is 6.30. The van der Waals surface area contributed by atoms with Gasteiger partial charge in [-0.3, -0.25) is 4.79 Å². The summed E-state index contributed by atoms with van der Waals surface area (Å²) in [5.41, 5.74) is 4.27. The number of anilines is 1. The van der Waals surface area contributed by atoms with Gasteiger partial charge in [0.05, 0.1) is 23.0 Å². The fourth-order valence-corrected chi connectivity index (χ4v) is 4.91. The number of aromatic nitrogens is 6. The summed E-state index contributed by atoms with van der Waals surface area (Å²) in [7, 11) is 0. The molecule has 1 N–H and O–H groups in total. The van der Waals surface area contributed by atoms with Crippen LogP contribution in [0.4, 0.5) is 5.82 Å². The van der Waals surface area contributed by atoms with Gasteiger partial charge < -0.3 is 5.32 Å². The Kier molecular flexibility index (Phi) is 6.61. The number of halogens is 1. The van der Waals surface area contributed by atoms with Crippen LogP contribution in [0.25, 0.3) is 22.5 Å². The molecule has 0 bridgehead atoms. The molecule has 6 rings (SSSR count). The minimum Gasteiger partial charge on any atom is -0.310 e. The molecule has 0 unspecified atom stereocenters. The number of carbonyl (C=O) groups excluding carboxylic acids is 1. The van der Waals surface area contributed by atoms with Gasteiger partial charge in [-0.25, -0.2) is 14.6 Å². The van der Waals surface area contributed by atoms with E-state index >= 15 is 0 Å². The largest absolute Gasteiger partial charge is 0.310 e. The fourth-order valence-electron chi connectivity index (χ4n) is 4.73. The molecule has 1 amide bonds. The molecule has 0 saturated carbocycles. The Morgan fingerprint density at radius 2 is 1.62 bits per heavy atom. The molecule has 3 aromatic heterocycles. The summed E-state index contributed by atoms with van der Waals surface area (Å²) in [6, 6.07) is 29.3. The maximum Gasteiger partial charge on any atom is 0.226 e. The van der Waals surface area contributed by atoms with E-state index in [1.54, 1.807) is 21.6 Å². The summed E-state index contributed by atoms with van der Waals surface area (Å²) in [5.74, 6) is 0.813. The van der Waals surface area contributed by atoms with Crippen LogP contribution in [0.1, 0.15) is 29.2 Å². The van der Waals surface area contributed by atoms with E-state index in [2.05, 4.69) is 49.7 Å². The molecule has 0 aliphatic heterocycles. The Balaban J connectivity index is 1.33. The van der Waals surface area contributed by atoms with Crippen molar-refractivity contribution in [2.45, 2.75) is 19.3 Å². The van der Waals surface area contributed by atoms with E-state index in [0.29, 0.717) is 27.7 Å². The number of nitrogens with zero attached hydrogens (tertiary/aromatic N) is 6. The van der Waals surface area contributed by atoms with Gasteiger partial charge in [-0.15, -0.1) is 0 Å². The van der Waals surface area contributed by atoms with Crippen molar-refractivity contribution >= 4 is 34.4 Å². The van der Waals surface area contributed by atoms with Crippen molar-refractivity contribution in [3.8, 4) is 11.5 Å². The van der Waals surface area contributed by atoms with Gasteiger partial charge in [-0.1, -0.05) is 78.3 Å². The van der Waals surface area contributed by atoms with Gasteiger partial charge >= 0.3 is 0 Å². The minimum absolute atomic E-state index is 0.0912. The molecule has 39 heavy (non-hydrogen) atoms. The lowest BCUT2D eigenvalue weighted by Gasteiger charge is -2.18. The highest BCUT2D eigenvalue weighted by atomic mass is 35.5. The van der Waals surface area contributed by atoms with Gasteiger partial charge in [-0.05, 0) is 36.2 Å². The van der Waals surface area contributed by atoms with Crippen molar-refractivity contribution in [3.05, 3.63) is 125 Å². The number of carbonyl (C=O) groups is 1. The molecule has 192 valence electrons. The lowest BCUT2D eigenvalue weighted by molar-refractivity contribution is -0.116. The van der Waals surface area contributed by atoms with Crippen LogP contribution in [0.3, 0.4) is 0 Å². The van der Waals surface area contributed by atoms with Gasteiger partial charge in [0.2, 0.25) is 5.91 Å². The molecule has 3 heterocycles. The van der Waals surface area contributed by atoms with Gasteiger partial charge in [0.15, 0.2) is 11.5 Å². The molecule has 0 spiro atoms. The summed E-state index contributed by atoms with van der Waals surface area (Å²) in [5, 5.41) is 13.5. The van der Waals surface area contributed by atoms with E-state index in [1.165, 1.54) is 6.33 Å². The number of aryl methyl sites for hydroxylation is 1. The highest BCUT2D eigenvalue weighted by Crippen LogP contribution is 2.29. The topological polar surface area (TPSA) is 90.5 Å². The molecule has 0 atom stereocenters. The van der Waals surface area contributed by atoms with Gasteiger partial charge in [0.25, 0.3) is 0 Å². The lowest BCUT2D eigenvalue weighted by atomic mass is 9.88. The van der Waals surface area contributed by atoms with Crippen molar-refractivity contribution in [3.63, 3.8) is 0 Å². The van der Waals surface area contributed by atoms with Crippen LogP contribution in [-0.4, -0.2) is 35.4 Å². The zero-order valence-electron chi connectivity index (χ0n) is 21.1. The molecular formula is C30H24ClN7O. The molecule has 0 fully saturated rings. The average Bonchev–Trinajstić information content (AvgIpc) is 3.56. The molecular weight excluding hydrogens is 510 g/mol. The lowest BCUT2D eigenvalue weighted by Crippen LogP contribution is -2.19. The van der Waals surface area contributed by atoms with Crippen molar-refractivity contribution in [1.29, 1.82) is 0 Å². The monoisotopic (exact) mass is 533 g/mol. The predicted octanol–water partition coefficient (Wildman–Crippen LogP) is 6.12. The Hall–Kier alpha value is -4.82. The number of rotatable bonds is 7. The molecule has 8 nitrogen and oxygen atoms in total. The van der Waals surface area contributed by atoms with E-state index in [0.717, 1.165) is 22.5 Å². The van der Waals surface area contributed by atoms with Gasteiger partial charge in [0, 0.05) is 23.4 Å². The third kappa shape index (κ3) is 5.02. The van der Waals surface area contributed by atoms with Crippen LogP contribution < -0.4 is 5.32 Å². The van der Waals surface area contributed by atoms with Crippen LogP contribution in [-0.2, 0) is 4.79 Å². The Bertz CT molecular complexity index is 1720. The molecule has 3 aromatic carbocycles. The van der Waals surface area contributed by atoms with E-state index in [-0.39, 0.29) is 18.2 Å². The quantitative estimate of drug-likeness (QED) is 0.267. The summed E-state index contributed by atoms with van der Waals surface area (Å²) in [6.07, 6.45) is 3.42. The Morgan fingerprint density at radius 3 is 2.31 bits per heavy atom. The molecule has 0 aliphatic rings. The van der Waals surface area contributed by atoms with E-state index in [1.807, 2.05) is 67.6 Å². The van der Waals surface area contributed by atoms with Crippen LogP contribution in [0.5, 0.6) is 0 Å². The highest BCUT2D eigenvalue weighted by Gasteiger charge is 2.21. The van der Waals surface area contributed by atoms with Crippen molar-refractivity contribution in [2.75, 3.05) is 5.32 Å². The van der Waals surface area contributed by atoms with Gasteiger partial charge in [-0.2, -0.15) is 14.9 Å². The van der Waals surface area contributed by atoms with Gasteiger partial charge in [0.1, 0.15) is 12.1 Å². The number of hydrogen-bond acceptors (Lipinski definition) is 5. The predicted molar refractivity (Wildman–Crippen MR) is 152 cm³/mol. The molecule has 0 radical (unpaired) electrons. The second kappa shape index (κ2) is 10.5. The third-order valence-corrected chi connectivity index (χ3v) is 6.73. The maximum absolute atomic E-state index is 13.4. The SMILES string of the molecule is Cc1cc(NC(=O)CC(c2ccccc2)c2ccccc2)n(-c2ncnc3c2cnn3-c2cccc(Cl)c2)n1. The number of nitrogens with one attached hydrogen (secondary N) is 1. The number of hydrogen-bond donors (Lipinski definition) is 1. The first-order valence-electron chi connectivity index (χ1n) is 12.5. The summed E-state index contributed by atoms with van der Waals surface area (Å²) >= 11 is 6.20. The maximum atomic E-state index is 13.4. The van der Waals surface area contributed by atoms with Crippen LogP contribution in [0.15, 0.2) is 104 Å².